The van der Waals surface area contributed by atoms with E-state index in [4.69, 9.17) is 27.6 Å². The van der Waals surface area contributed by atoms with Gasteiger partial charge >= 0.3 is 5.91 Å². The summed E-state index contributed by atoms with van der Waals surface area (Å²) in [7, 11) is 2.05. The van der Waals surface area contributed by atoms with Gasteiger partial charge in [-0.15, -0.1) is 0 Å². The van der Waals surface area contributed by atoms with Gasteiger partial charge in [0.05, 0.1) is 16.8 Å². The molecule has 2 aromatic carbocycles. The van der Waals surface area contributed by atoms with Gasteiger partial charge in [-0.1, -0.05) is 29.3 Å². The third kappa shape index (κ3) is 3.71. The quantitative estimate of drug-likeness (QED) is 0.392. The number of carbonyl (C=O) groups is 1. The number of nitrogens with zero attached hydrogens (tertiary/aromatic N) is 2. The molecule has 0 atom stereocenters. The van der Waals surface area contributed by atoms with E-state index in [2.05, 4.69) is 42.3 Å². The van der Waals surface area contributed by atoms with Gasteiger partial charge in [0.25, 0.3) is 0 Å². The molecular weight excluding hydrogens is 421 g/mol. The zero-order valence-electron chi connectivity index (χ0n) is 17.1. The van der Waals surface area contributed by atoms with Crippen molar-refractivity contribution in [1.82, 2.24) is 5.43 Å². The Balaban J connectivity index is 1.55. The maximum Gasteiger partial charge on any atom is 0.307 e. The molecule has 0 fully saturated rings. The Morgan fingerprint density at radius 1 is 1.20 bits per heavy atom. The van der Waals surface area contributed by atoms with Crippen LogP contribution in [0.2, 0.25) is 10.0 Å². The Labute approximate surface area is 184 Å². The van der Waals surface area contributed by atoms with E-state index in [0.717, 1.165) is 16.6 Å². The Kier molecular flexibility index (Phi) is 5.12. The van der Waals surface area contributed by atoms with Gasteiger partial charge in [-0.2, -0.15) is 5.10 Å². The van der Waals surface area contributed by atoms with Crippen LogP contribution in [0.5, 0.6) is 0 Å². The van der Waals surface area contributed by atoms with Crippen molar-refractivity contribution in [2.45, 2.75) is 26.3 Å². The Morgan fingerprint density at radius 2 is 1.97 bits per heavy atom. The van der Waals surface area contributed by atoms with Gasteiger partial charge in [0.2, 0.25) is 0 Å². The third-order valence-electron chi connectivity index (χ3n) is 5.41. The van der Waals surface area contributed by atoms with Crippen molar-refractivity contribution in [2.75, 3.05) is 11.9 Å². The van der Waals surface area contributed by atoms with E-state index < -0.39 is 5.91 Å². The van der Waals surface area contributed by atoms with Crippen molar-refractivity contribution in [2.24, 2.45) is 5.10 Å². The molecule has 7 heteroatoms. The summed E-state index contributed by atoms with van der Waals surface area (Å²) in [5, 5.41) is 5.95. The average molecular weight is 442 g/mol. The molecular formula is C23H21Cl2N3O2. The van der Waals surface area contributed by atoms with E-state index in [0.29, 0.717) is 21.2 Å². The molecule has 0 bridgehead atoms. The zero-order chi connectivity index (χ0) is 21.6. The molecule has 1 N–H and O–H groups in total. The first-order chi connectivity index (χ1) is 14.2. The Hall–Kier alpha value is -2.76. The molecule has 0 saturated carbocycles. The molecule has 1 amide bonds. The van der Waals surface area contributed by atoms with Crippen LogP contribution in [0.4, 0.5) is 5.69 Å². The SMILES string of the molecule is CC1=CC(C)(C)N(C)c2cc(Cl)c(/C=N/NC(=O)c3cc4cc(Cl)ccc4o3)cc21. The number of allylic oxidation sites excluding steroid dienone is 1. The van der Waals surface area contributed by atoms with Gasteiger partial charge in [0.1, 0.15) is 5.58 Å². The van der Waals surface area contributed by atoms with Crippen LogP contribution in [-0.2, 0) is 0 Å². The van der Waals surface area contributed by atoms with Gasteiger partial charge in [-0.25, -0.2) is 5.43 Å². The van der Waals surface area contributed by atoms with Crippen molar-refractivity contribution in [3.63, 3.8) is 0 Å². The van der Waals surface area contributed by atoms with Crippen LogP contribution in [0, 0.1) is 0 Å². The predicted octanol–water partition coefficient (Wildman–Crippen LogP) is 6.14. The van der Waals surface area contributed by atoms with Crippen LogP contribution in [0.1, 0.15) is 42.5 Å². The van der Waals surface area contributed by atoms with Crippen molar-refractivity contribution in [3.05, 3.63) is 69.4 Å². The molecule has 1 aliphatic heterocycles. The number of hydrogen-bond donors (Lipinski definition) is 1. The van der Waals surface area contributed by atoms with Gasteiger partial charge in [-0.3, -0.25) is 4.79 Å². The number of likely N-dealkylation sites (N-methyl/N-ethyl adjacent to an activating group) is 1. The summed E-state index contributed by atoms with van der Waals surface area (Å²) in [6.45, 7) is 6.40. The third-order valence-corrected chi connectivity index (χ3v) is 5.97. The van der Waals surface area contributed by atoms with Gasteiger partial charge < -0.3 is 9.32 Å². The van der Waals surface area contributed by atoms with Gasteiger partial charge in [-0.05, 0) is 62.7 Å². The van der Waals surface area contributed by atoms with Crippen LogP contribution < -0.4 is 10.3 Å². The lowest BCUT2D eigenvalue weighted by Gasteiger charge is -2.40. The molecule has 0 saturated heterocycles. The molecule has 2 heterocycles. The highest BCUT2D eigenvalue weighted by Crippen LogP contribution is 2.40. The number of carbonyl (C=O) groups excluding carboxylic acids is 1. The largest absolute Gasteiger partial charge is 0.451 e. The summed E-state index contributed by atoms with van der Waals surface area (Å²) in [5.74, 6) is -0.297. The maximum absolute atomic E-state index is 12.4. The van der Waals surface area contributed by atoms with Crippen LogP contribution in [0.15, 0.2) is 52.0 Å². The lowest BCUT2D eigenvalue weighted by molar-refractivity contribution is 0.0929. The smallest absolute Gasteiger partial charge is 0.307 e. The highest BCUT2D eigenvalue weighted by atomic mass is 35.5. The average Bonchev–Trinajstić information content (AvgIpc) is 3.10. The topological polar surface area (TPSA) is 57.8 Å². The maximum atomic E-state index is 12.4. The number of nitrogens with one attached hydrogen (secondary N) is 1. The molecule has 4 rings (SSSR count). The number of anilines is 1. The van der Waals surface area contributed by atoms with Crippen molar-refractivity contribution in [1.29, 1.82) is 0 Å². The molecule has 3 aromatic rings. The second-order valence-electron chi connectivity index (χ2n) is 7.92. The van der Waals surface area contributed by atoms with Crippen molar-refractivity contribution >= 4 is 57.6 Å². The molecule has 0 aliphatic carbocycles. The minimum atomic E-state index is -0.454. The summed E-state index contributed by atoms with van der Waals surface area (Å²) < 4.78 is 5.55. The van der Waals surface area contributed by atoms with Gasteiger partial charge in [0.15, 0.2) is 5.76 Å². The highest BCUT2D eigenvalue weighted by Gasteiger charge is 2.29. The normalized spacial score (nSPS) is 15.4. The van der Waals surface area contributed by atoms with E-state index in [1.165, 1.54) is 11.8 Å². The summed E-state index contributed by atoms with van der Waals surface area (Å²) in [6, 6.07) is 10.7. The van der Waals surface area contributed by atoms with Crippen LogP contribution in [-0.4, -0.2) is 24.7 Å². The van der Waals surface area contributed by atoms with E-state index in [1.54, 1.807) is 24.3 Å². The standard InChI is InChI=1S/C23H21Cl2N3O2/c1-13-11-23(2,3)28(4)19-10-18(25)15(8-17(13)19)12-26-27-22(29)21-9-14-7-16(24)5-6-20(14)30-21/h5-12H,1-4H3,(H,27,29)/b26-12+. The first kappa shape index (κ1) is 20.5. The zero-order valence-corrected chi connectivity index (χ0v) is 18.6. The monoisotopic (exact) mass is 441 g/mol. The number of hydrogen-bond acceptors (Lipinski definition) is 4. The second-order valence-corrected chi connectivity index (χ2v) is 8.77. The number of benzene rings is 2. The van der Waals surface area contributed by atoms with E-state index in [1.807, 2.05) is 19.2 Å². The molecule has 0 unspecified atom stereocenters. The second kappa shape index (κ2) is 7.49. The number of amides is 1. The first-order valence-electron chi connectivity index (χ1n) is 9.45. The number of fused-ring (bicyclic) bond motifs is 2. The fourth-order valence-electron chi connectivity index (χ4n) is 3.63. The van der Waals surface area contributed by atoms with E-state index >= 15 is 0 Å². The minimum absolute atomic E-state index is 0.0964. The number of halogens is 2. The highest BCUT2D eigenvalue weighted by molar-refractivity contribution is 6.33. The molecule has 0 radical (unpaired) electrons. The summed E-state index contributed by atoms with van der Waals surface area (Å²) >= 11 is 12.5. The van der Waals surface area contributed by atoms with Crippen LogP contribution >= 0.6 is 23.2 Å². The van der Waals surface area contributed by atoms with E-state index in [-0.39, 0.29) is 11.3 Å². The van der Waals surface area contributed by atoms with Crippen molar-refractivity contribution in [3.8, 4) is 0 Å². The first-order valence-corrected chi connectivity index (χ1v) is 10.2. The molecule has 5 nitrogen and oxygen atoms in total. The Bertz CT molecular complexity index is 1220. The molecule has 1 aliphatic rings. The van der Waals surface area contributed by atoms with E-state index in [9.17, 15) is 4.79 Å². The summed E-state index contributed by atoms with van der Waals surface area (Å²) in [4.78, 5) is 14.6. The summed E-state index contributed by atoms with van der Waals surface area (Å²) in [6.07, 6.45) is 3.76. The molecule has 0 spiro atoms. The summed E-state index contributed by atoms with van der Waals surface area (Å²) in [5.41, 5.74) is 7.01. The van der Waals surface area contributed by atoms with Crippen LogP contribution in [0.25, 0.3) is 16.5 Å². The van der Waals surface area contributed by atoms with Gasteiger partial charge in [0, 0.05) is 34.3 Å². The predicted molar refractivity (Wildman–Crippen MR) is 124 cm³/mol. The Morgan fingerprint density at radius 3 is 2.73 bits per heavy atom. The molecule has 154 valence electrons. The van der Waals surface area contributed by atoms with Crippen molar-refractivity contribution < 1.29 is 9.21 Å². The number of rotatable bonds is 3. The molecule has 30 heavy (non-hydrogen) atoms. The minimum Gasteiger partial charge on any atom is -0.451 e. The van der Waals surface area contributed by atoms with Crippen LogP contribution in [0.3, 0.4) is 0 Å². The number of furan rings is 1. The fourth-order valence-corrected chi connectivity index (χ4v) is 4.02. The lowest BCUT2D eigenvalue weighted by Crippen LogP contribution is -2.42. The number of hydrazone groups is 1. The molecule has 1 aromatic heterocycles. The lowest BCUT2D eigenvalue weighted by atomic mass is 9.88. The fraction of sp³-hybridized carbons (Fsp3) is 0.217.